The zero-order chi connectivity index (χ0) is 17.6. The van der Waals surface area contributed by atoms with Crippen LogP contribution in [0.4, 0.5) is 0 Å². The zero-order valence-electron chi connectivity index (χ0n) is 13.7. The van der Waals surface area contributed by atoms with Crippen LogP contribution in [0.2, 0.25) is 5.02 Å². The maximum atomic E-state index is 12.1. The van der Waals surface area contributed by atoms with E-state index < -0.39 is 0 Å². The molecule has 0 fully saturated rings. The first-order valence-corrected chi connectivity index (χ1v) is 8.30. The van der Waals surface area contributed by atoms with E-state index in [9.17, 15) is 4.79 Å². The molecular weight excluding hydrogens is 336 g/mol. The van der Waals surface area contributed by atoms with Gasteiger partial charge in [0.05, 0.1) is 12.8 Å². The summed E-state index contributed by atoms with van der Waals surface area (Å²) in [5.74, 6) is 0.545. The van der Waals surface area contributed by atoms with Gasteiger partial charge < -0.3 is 4.74 Å². The Morgan fingerprint density at radius 3 is 2.52 bits per heavy atom. The minimum atomic E-state index is -0.289. The smallest absolute Gasteiger partial charge is 0.271 e. The standard InChI is InChI=1S/C20H17ClN2O2/c1-2-25-19-12-9-15(17-5-3-4-6-18(17)19)13-22-23-20(24)14-7-10-16(21)11-8-14/h3-13H,2H2,1H3,(H,23,24)/b22-13-. The molecule has 0 aliphatic carbocycles. The van der Waals surface area contributed by atoms with Crippen molar-refractivity contribution in [3.8, 4) is 5.75 Å². The average Bonchev–Trinajstić information content (AvgIpc) is 2.64. The molecule has 0 unspecified atom stereocenters. The molecule has 3 rings (SSSR count). The van der Waals surface area contributed by atoms with E-state index in [1.54, 1.807) is 30.5 Å². The Bertz CT molecular complexity index is 921. The van der Waals surface area contributed by atoms with Gasteiger partial charge >= 0.3 is 0 Å². The summed E-state index contributed by atoms with van der Waals surface area (Å²) >= 11 is 5.82. The Kier molecular flexibility index (Phi) is 5.31. The number of benzene rings is 3. The van der Waals surface area contributed by atoms with Crippen LogP contribution in [0, 0.1) is 0 Å². The Labute approximate surface area is 151 Å². The van der Waals surface area contributed by atoms with Crippen molar-refractivity contribution in [2.45, 2.75) is 6.92 Å². The number of halogens is 1. The van der Waals surface area contributed by atoms with Crippen molar-refractivity contribution in [3.05, 3.63) is 76.8 Å². The van der Waals surface area contributed by atoms with Gasteiger partial charge in [-0.25, -0.2) is 5.43 Å². The number of nitrogens with one attached hydrogen (secondary N) is 1. The number of hydrazone groups is 1. The van der Waals surface area contributed by atoms with E-state index in [2.05, 4.69) is 10.5 Å². The van der Waals surface area contributed by atoms with Crippen LogP contribution in [-0.4, -0.2) is 18.7 Å². The minimum absolute atomic E-state index is 0.289. The maximum Gasteiger partial charge on any atom is 0.271 e. The van der Waals surface area contributed by atoms with Gasteiger partial charge in [0, 0.05) is 21.5 Å². The van der Waals surface area contributed by atoms with E-state index in [0.29, 0.717) is 17.2 Å². The van der Waals surface area contributed by atoms with Crippen molar-refractivity contribution >= 4 is 34.5 Å². The summed E-state index contributed by atoms with van der Waals surface area (Å²) in [6, 6.07) is 18.4. The number of nitrogens with zero attached hydrogens (tertiary/aromatic N) is 1. The van der Waals surface area contributed by atoms with E-state index in [1.807, 2.05) is 43.3 Å². The Hall–Kier alpha value is -2.85. The van der Waals surface area contributed by atoms with E-state index >= 15 is 0 Å². The lowest BCUT2D eigenvalue weighted by Gasteiger charge is -2.09. The number of ether oxygens (including phenoxy) is 1. The summed E-state index contributed by atoms with van der Waals surface area (Å²) in [6.07, 6.45) is 1.63. The van der Waals surface area contributed by atoms with Crippen LogP contribution in [-0.2, 0) is 0 Å². The largest absolute Gasteiger partial charge is 0.493 e. The lowest BCUT2D eigenvalue weighted by Crippen LogP contribution is -2.17. The van der Waals surface area contributed by atoms with Crippen molar-refractivity contribution in [3.63, 3.8) is 0 Å². The van der Waals surface area contributed by atoms with Crippen LogP contribution in [0.3, 0.4) is 0 Å². The van der Waals surface area contributed by atoms with Crippen LogP contribution < -0.4 is 10.2 Å². The molecule has 5 heteroatoms. The molecule has 1 amide bonds. The number of amides is 1. The molecule has 0 heterocycles. The monoisotopic (exact) mass is 352 g/mol. The van der Waals surface area contributed by atoms with Gasteiger partial charge in [-0.1, -0.05) is 35.9 Å². The molecule has 3 aromatic carbocycles. The number of hydrogen-bond acceptors (Lipinski definition) is 3. The summed E-state index contributed by atoms with van der Waals surface area (Å²) in [5, 5.41) is 6.68. The number of fused-ring (bicyclic) bond motifs is 1. The molecule has 0 atom stereocenters. The molecule has 1 N–H and O–H groups in total. The Morgan fingerprint density at radius 1 is 1.08 bits per heavy atom. The predicted octanol–water partition coefficient (Wildman–Crippen LogP) is 4.66. The van der Waals surface area contributed by atoms with E-state index in [-0.39, 0.29) is 5.91 Å². The second-order valence-electron chi connectivity index (χ2n) is 5.34. The third-order valence-electron chi connectivity index (χ3n) is 3.69. The summed E-state index contributed by atoms with van der Waals surface area (Å²) in [7, 11) is 0. The fraction of sp³-hybridized carbons (Fsp3) is 0.100. The second kappa shape index (κ2) is 7.81. The van der Waals surface area contributed by atoms with Crippen LogP contribution in [0.25, 0.3) is 10.8 Å². The Balaban J connectivity index is 1.80. The molecule has 0 saturated heterocycles. The SMILES string of the molecule is CCOc1ccc(/C=N\NC(=O)c2ccc(Cl)cc2)c2ccccc12. The van der Waals surface area contributed by atoms with Crippen molar-refractivity contribution in [1.29, 1.82) is 0 Å². The Morgan fingerprint density at radius 2 is 1.80 bits per heavy atom. The molecule has 4 nitrogen and oxygen atoms in total. The normalized spacial score (nSPS) is 11.0. The average molecular weight is 353 g/mol. The van der Waals surface area contributed by atoms with Crippen LogP contribution in [0.1, 0.15) is 22.8 Å². The summed E-state index contributed by atoms with van der Waals surface area (Å²) < 4.78 is 5.66. The number of hydrogen-bond donors (Lipinski definition) is 1. The molecule has 0 aliphatic rings. The molecule has 126 valence electrons. The van der Waals surface area contributed by atoms with Crippen LogP contribution >= 0.6 is 11.6 Å². The van der Waals surface area contributed by atoms with Gasteiger partial charge in [0.25, 0.3) is 5.91 Å². The third-order valence-corrected chi connectivity index (χ3v) is 3.95. The summed E-state index contributed by atoms with van der Waals surface area (Å²) in [6.45, 7) is 2.56. The van der Waals surface area contributed by atoms with Gasteiger partial charge in [-0.05, 0) is 48.7 Å². The summed E-state index contributed by atoms with van der Waals surface area (Å²) in [5.41, 5.74) is 3.92. The highest BCUT2D eigenvalue weighted by Gasteiger charge is 2.06. The van der Waals surface area contributed by atoms with Gasteiger partial charge in [0.15, 0.2) is 0 Å². The van der Waals surface area contributed by atoms with E-state index in [1.165, 1.54) is 0 Å². The van der Waals surface area contributed by atoms with Gasteiger partial charge in [-0.2, -0.15) is 5.10 Å². The highest BCUT2D eigenvalue weighted by atomic mass is 35.5. The molecule has 3 aromatic rings. The first-order valence-electron chi connectivity index (χ1n) is 7.92. The van der Waals surface area contributed by atoms with Crippen molar-refractivity contribution < 1.29 is 9.53 Å². The van der Waals surface area contributed by atoms with Crippen LogP contribution in [0.5, 0.6) is 5.75 Å². The summed E-state index contributed by atoms with van der Waals surface area (Å²) in [4.78, 5) is 12.1. The predicted molar refractivity (Wildman–Crippen MR) is 102 cm³/mol. The van der Waals surface area contributed by atoms with Gasteiger partial charge in [-0.15, -0.1) is 0 Å². The highest BCUT2D eigenvalue weighted by Crippen LogP contribution is 2.27. The molecule has 0 aliphatic heterocycles. The van der Waals surface area contributed by atoms with Gasteiger partial charge in [0.2, 0.25) is 0 Å². The number of rotatable bonds is 5. The zero-order valence-corrected chi connectivity index (χ0v) is 14.5. The molecule has 0 saturated carbocycles. The highest BCUT2D eigenvalue weighted by molar-refractivity contribution is 6.30. The first-order chi connectivity index (χ1) is 12.2. The molecular formula is C20H17ClN2O2. The van der Waals surface area contributed by atoms with E-state index in [0.717, 1.165) is 22.1 Å². The molecule has 0 aromatic heterocycles. The lowest BCUT2D eigenvalue weighted by molar-refractivity contribution is 0.0955. The second-order valence-corrected chi connectivity index (χ2v) is 5.77. The fourth-order valence-electron chi connectivity index (χ4n) is 2.51. The third kappa shape index (κ3) is 3.98. The van der Waals surface area contributed by atoms with E-state index in [4.69, 9.17) is 16.3 Å². The minimum Gasteiger partial charge on any atom is -0.493 e. The molecule has 0 bridgehead atoms. The molecule has 0 spiro atoms. The molecule has 25 heavy (non-hydrogen) atoms. The molecule has 0 radical (unpaired) electrons. The first kappa shape index (κ1) is 17.0. The number of carbonyl (C=O) groups is 1. The van der Waals surface area contributed by atoms with Gasteiger partial charge in [0.1, 0.15) is 5.75 Å². The van der Waals surface area contributed by atoms with Gasteiger partial charge in [-0.3, -0.25) is 4.79 Å². The fourth-order valence-corrected chi connectivity index (χ4v) is 2.64. The van der Waals surface area contributed by atoms with Crippen molar-refractivity contribution in [1.82, 2.24) is 5.43 Å². The van der Waals surface area contributed by atoms with Crippen molar-refractivity contribution in [2.24, 2.45) is 5.10 Å². The van der Waals surface area contributed by atoms with Crippen molar-refractivity contribution in [2.75, 3.05) is 6.61 Å². The number of carbonyl (C=O) groups excluding carboxylic acids is 1. The lowest BCUT2D eigenvalue weighted by atomic mass is 10.0. The van der Waals surface area contributed by atoms with Crippen LogP contribution in [0.15, 0.2) is 65.8 Å². The topological polar surface area (TPSA) is 50.7 Å². The maximum absolute atomic E-state index is 12.1. The quantitative estimate of drug-likeness (QED) is 0.536.